The first-order valence-corrected chi connectivity index (χ1v) is 5.57. The molecule has 0 fully saturated rings. The standard InChI is InChI=1S/C11H21N3O/c1-3-4-5-11(9-15-2)12-8-10-6-7-13-14-10/h6-7,11-12H,3-5,8-9H2,1-2H3,(H,13,14). The van der Waals surface area contributed by atoms with Crippen LogP contribution in [0.2, 0.25) is 0 Å². The van der Waals surface area contributed by atoms with E-state index in [4.69, 9.17) is 4.74 Å². The maximum Gasteiger partial charge on any atom is 0.0615 e. The Bertz CT molecular complexity index is 236. The van der Waals surface area contributed by atoms with Crippen molar-refractivity contribution in [2.45, 2.75) is 38.8 Å². The number of H-pyrrole nitrogens is 1. The Morgan fingerprint density at radius 2 is 2.47 bits per heavy atom. The van der Waals surface area contributed by atoms with Gasteiger partial charge in [-0.1, -0.05) is 19.8 Å². The summed E-state index contributed by atoms with van der Waals surface area (Å²) in [4.78, 5) is 0. The molecule has 1 aromatic rings. The molecule has 0 aliphatic rings. The van der Waals surface area contributed by atoms with Gasteiger partial charge in [0.1, 0.15) is 0 Å². The van der Waals surface area contributed by atoms with Gasteiger partial charge in [0, 0.05) is 31.6 Å². The lowest BCUT2D eigenvalue weighted by molar-refractivity contribution is 0.160. The molecular formula is C11H21N3O. The summed E-state index contributed by atoms with van der Waals surface area (Å²) in [5, 5.41) is 10.3. The van der Waals surface area contributed by atoms with E-state index in [9.17, 15) is 0 Å². The summed E-state index contributed by atoms with van der Waals surface area (Å²) in [5.74, 6) is 0. The highest BCUT2D eigenvalue weighted by Gasteiger charge is 2.07. The third kappa shape index (κ3) is 4.95. The quantitative estimate of drug-likeness (QED) is 0.688. The van der Waals surface area contributed by atoms with Crippen LogP contribution in [0.4, 0.5) is 0 Å². The SMILES string of the molecule is CCCCC(COC)NCc1ccn[nH]1. The highest BCUT2D eigenvalue weighted by molar-refractivity contribution is 4.96. The molecule has 1 heterocycles. The molecule has 86 valence electrons. The van der Waals surface area contributed by atoms with E-state index in [1.807, 2.05) is 6.07 Å². The first-order valence-electron chi connectivity index (χ1n) is 5.57. The minimum Gasteiger partial charge on any atom is -0.383 e. The van der Waals surface area contributed by atoms with Gasteiger partial charge in [-0.2, -0.15) is 5.10 Å². The Kier molecular flexibility index (Phi) is 6.04. The Labute approximate surface area is 91.4 Å². The maximum atomic E-state index is 5.18. The molecule has 0 radical (unpaired) electrons. The molecule has 0 saturated heterocycles. The molecule has 0 aliphatic heterocycles. The van der Waals surface area contributed by atoms with Crippen molar-refractivity contribution in [1.82, 2.24) is 15.5 Å². The number of methoxy groups -OCH3 is 1. The van der Waals surface area contributed by atoms with Gasteiger partial charge in [0.15, 0.2) is 0 Å². The van der Waals surface area contributed by atoms with Crippen LogP contribution in [0.15, 0.2) is 12.3 Å². The molecule has 1 rings (SSSR count). The highest BCUT2D eigenvalue weighted by atomic mass is 16.5. The summed E-state index contributed by atoms with van der Waals surface area (Å²) in [6.07, 6.45) is 5.41. The summed E-state index contributed by atoms with van der Waals surface area (Å²) in [5.41, 5.74) is 1.12. The lowest BCUT2D eigenvalue weighted by atomic mass is 10.1. The number of hydrogen-bond donors (Lipinski definition) is 2. The second-order valence-electron chi connectivity index (χ2n) is 3.76. The molecule has 0 aromatic carbocycles. The molecule has 1 atom stereocenters. The van der Waals surface area contributed by atoms with Crippen LogP contribution in [0.1, 0.15) is 31.9 Å². The molecule has 0 bridgehead atoms. The van der Waals surface area contributed by atoms with E-state index in [1.54, 1.807) is 13.3 Å². The van der Waals surface area contributed by atoms with Crippen molar-refractivity contribution in [1.29, 1.82) is 0 Å². The lowest BCUT2D eigenvalue weighted by Crippen LogP contribution is -2.32. The summed E-state index contributed by atoms with van der Waals surface area (Å²) >= 11 is 0. The van der Waals surface area contributed by atoms with E-state index in [2.05, 4.69) is 22.4 Å². The number of ether oxygens (including phenoxy) is 1. The Morgan fingerprint density at radius 3 is 3.07 bits per heavy atom. The zero-order valence-corrected chi connectivity index (χ0v) is 9.62. The van der Waals surface area contributed by atoms with Crippen molar-refractivity contribution >= 4 is 0 Å². The van der Waals surface area contributed by atoms with Crippen LogP contribution < -0.4 is 5.32 Å². The zero-order valence-electron chi connectivity index (χ0n) is 9.62. The van der Waals surface area contributed by atoms with E-state index in [0.717, 1.165) is 18.8 Å². The van der Waals surface area contributed by atoms with Crippen molar-refractivity contribution in [3.63, 3.8) is 0 Å². The average Bonchev–Trinajstić information content (AvgIpc) is 2.75. The minimum absolute atomic E-state index is 0.443. The molecule has 0 aliphatic carbocycles. The average molecular weight is 211 g/mol. The van der Waals surface area contributed by atoms with E-state index < -0.39 is 0 Å². The third-order valence-corrected chi connectivity index (χ3v) is 2.41. The normalized spacial score (nSPS) is 12.9. The lowest BCUT2D eigenvalue weighted by Gasteiger charge is -2.16. The Morgan fingerprint density at radius 1 is 1.60 bits per heavy atom. The van der Waals surface area contributed by atoms with Crippen LogP contribution in [0, 0.1) is 0 Å². The van der Waals surface area contributed by atoms with E-state index >= 15 is 0 Å². The number of rotatable bonds is 8. The molecule has 0 amide bonds. The first kappa shape index (κ1) is 12.2. The van der Waals surface area contributed by atoms with Crippen molar-refractivity contribution in [2.75, 3.05) is 13.7 Å². The fourth-order valence-corrected chi connectivity index (χ4v) is 1.53. The van der Waals surface area contributed by atoms with Crippen LogP contribution >= 0.6 is 0 Å². The van der Waals surface area contributed by atoms with Gasteiger partial charge in [-0.25, -0.2) is 0 Å². The van der Waals surface area contributed by atoms with E-state index in [1.165, 1.54) is 19.3 Å². The summed E-state index contributed by atoms with van der Waals surface area (Å²) in [7, 11) is 1.75. The molecule has 4 heteroatoms. The zero-order chi connectivity index (χ0) is 10.9. The predicted molar refractivity (Wildman–Crippen MR) is 60.6 cm³/mol. The van der Waals surface area contributed by atoms with Crippen LogP contribution in [-0.4, -0.2) is 30.0 Å². The van der Waals surface area contributed by atoms with E-state index in [0.29, 0.717) is 6.04 Å². The molecule has 2 N–H and O–H groups in total. The Hall–Kier alpha value is -0.870. The molecule has 1 unspecified atom stereocenters. The van der Waals surface area contributed by atoms with Crippen molar-refractivity contribution < 1.29 is 4.74 Å². The predicted octanol–water partition coefficient (Wildman–Crippen LogP) is 1.70. The number of unbranched alkanes of at least 4 members (excludes halogenated alkanes) is 1. The summed E-state index contributed by atoms with van der Waals surface area (Å²) in [6, 6.07) is 2.43. The second-order valence-corrected chi connectivity index (χ2v) is 3.76. The topological polar surface area (TPSA) is 49.9 Å². The molecule has 0 saturated carbocycles. The number of nitrogens with zero attached hydrogens (tertiary/aromatic N) is 1. The van der Waals surface area contributed by atoms with Crippen LogP contribution in [0.25, 0.3) is 0 Å². The molecule has 15 heavy (non-hydrogen) atoms. The highest BCUT2D eigenvalue weighted by Crippen LogP contribution is 2.02. The van der Waals surface area contributed by atoms with Crippen molar-refractivity contribution in [3.05, 3.63) is 18.0 Å². The largest absolute Gasteiger partial charge is 0.383 e. The van der Waals surface area contributed by atoms with Gasteiger partial charge in [0.05, 0.1) is 6.61 Å². The van der Waals surface area contributed by atoms with Gasteiger partial charge in [0.25, 0.3) is 0 Å². The monoisotopic (exact) mass is 211 g/mol. The smallest absolute Gasteiger partial charge is 0.0615 e. The summed E-state index contributed by atoms with van der Waals surface area (Å²) < 4.78 is 5.18. The summed E-state index contributed by atoms with van der Waals surface area (Å²) in [6.45, 7) is 3.81. The van der Waals surface area contributed by atoms with Gasteiger partial charge in [0.2, 0.25) is 0 Å². The Balaban J connectivity index is 2.24. The fourth-order valence-electron chi connectivity index (χ4n) is 1.53. The second kappa shape index (κ2) is 7.43. The number of aromatic nitrogens is 2. The molecule has 1 aromatic heterocycles. The van der Waals surface area contributed by atoms with Gasteiger partial charge >= 0.3 is 0 Å². The van der Waals surface area contributed by atoms with Crippen LogP contribution in [-0.2, 0) is 11.3 Å². The van der Waals surface area contributed by atoms with Gasteiger partial charge in [-0.15, -0.1) is 0 Å². The minimum atomic E-state index is 0.443. The number of hydrogen-bond acceptors (Lipinski definition) is 3. The molecule has 0 spiro atoms. The van der Waals surface area contributed by atoms with Crippen LogP contribution in [0.3, 0.4) is 0 Å². The van der Waals surface area contributed by atoms with Gasteiger partial charge < -0.3 is 10.1 Å². The number of aromatic amines is 1. The maximum absolute atomic E-state index is 5.18. The van der Waals surface area contributed by atoms with Crippen molar-refractivity contribution in [3.8, 4) is 0 Å². The number of nitrogens with one attached hydrogen (secondary N) is 2. The van der Waals surface area contributed by atoms with Crippen molar-refractivity contribution in [2.24, 2.45) is 0 Å². The first-order chi connectivity index (χ1) is 7.36. The molecule has 4 nitrogen and oxygen atoms in total. The molecular weight excluding hydrogens is 190 g/mol. The van der Waals surface area contributed by atoms with Gasteiger partial charge in [-0.3, -0.25) is 5.10 Å². The third-order valence-electron chi connectivity index (χ3n) is 2.41. The fraction of sp³-hybridized carbons (Fsp3) is 0.727. The van der Waals surface area contributed by atoms with Gasteiger partial charge in [-0.05, 0) is 12.5 Å². The van der Waals surface area contributed by atoms with E-state index in [-0.39, 0.29) is 0 Å². The van der Waals surface area contributed by atoms with Crippen LogP contribution in [0.5, 0.6) is 0 Å².